The van der Waals surface area contributed by atoms with Crippen LogP contribution in [-0.2, 0) is 45.5 Å². The molecule has 224 valence electrons. The minimum Gasteiger partial charge on any atom is -0.350 e. The van der Waals surface area contributed by atoms with E-state index < -0.39 is 16.1 Å². The molecule has 0 fully saturated rings. The highest BCUT2D eigenvalue weighted by Gasteiger charge is 2.30. The van der Waals surface area contributed by atoms with E-state index in [4.69, 9.17) is 11.6 Å². The van der Waals surface area contributed by atoms with E-state index in [0.717, 1.165) is 22.3 Å². The topological polar surface area (TPSA) is 95.6 Å². The zero-order valence-electron chi connectivity index (χ0n) is 24.1. The number of sulfonamides is 1. The second-order valence-corrected chi connectivity index (χ2v) is 12.4. The Bertz CT molecular complexity index is 1580. The number of benzene rings is 4. The van der Waals surface area contributed by atoms with Crippen molar-refractivity contribution >= 4 is 33.4 Å². The Morgan fingerprint density at radius 2 is 1.35 bits per heavy atom. The van der Waals surface area contributed by atoms with Crippen molar-refractivity contribution in [3.8, 4) is 0 Å². The molecule has 7 nitrogen and oxygen atoms in total. The third kappa shape index (κ3) is 9.51. The molecule has 9 heteroatoms. The fraction of sp³-hybridized carbons (Fsp3) is 0.235. The van der Waals surface area contributed by atoms with Gasteiger partial charge in [-0.05, 0) is 52.9 Å². The second-order valence-electron chi connectivity index (χ2n) is 10.2. The van der Waals surface area contributed by atoms with Crippen molar-refractivity contribution in [1.29, 1.82) is 0 Å². The molecule has 0 spiro atoms. The maximum Gasteiger partial charge on any atom is 0.243 e. The van der Waals surface area contributed by atoms with Gasteiger partial charge in [0.15, 0.2) is 0 Å². The van der Waals surface area contributed by atoms with Crippen LogP contribution in [0, 0.1) is 0 Å². The molecule has 0 aliphatic rings. The predicted octanol–water partition coefficient (Wildman–Crippen LogP) is 5.53. The molecule has 0 radical (unpaired) electrons. The third-order valence-electron chi connectivity index (χ3n) is 7.04. The maximum absolute atomic E-state index is 13.9. The van der Waals surface area contributed by atoms with Crippen molar-refractivity contribution < 1.29 is 18.0 Å². The van der Waals surface area contributed by atoms with Crippen LogP contribution in [0.15, 0.2) is 114 Å². The lowest BCUT2D eigenvalue weighted by Crippen LogP contribution is -2.50. The highest BCUT2D eigenvalue weighted by molar-refractivity contribution is 7.89. The van der Waals surface area contributed by atoms with E-state index in [0.29, 0.717) is 31.0 Å². The van der Waals surface area contributed by atoms with Gasteiger partial charge in [-0.2, -0.15) is 0 Å². The Kier molecular flexibility index (Phi) is 11.5. The molecular weight excluding hydrogens is 582 g/mol. The monoisotopic (exact) mass is 617 g/mol. The Labute approximate surface area is 258 Å². The smallest absolute Gasteiger partial charge is 0.243 e. The number of carbonyl (C=O) groups is 2. The first-order valence-corrected chi connectivity index (χ1v) is 16.1. The zero-order chi connectivity index (χ0) is 30.7. The summed E-state index contributed by atoms with van der Waals surface area (Å²) in [4.78, 5) is 29.5. The molecular formula is C34H36ClN3O4S. The number of hydrogen-bond donors (Lipinski definition) is 2. The number of rotatable bonds is 14. The van der Waals surface area contributed by atoms with Gasteiger partial charge in [-0.1, -0.05) is 103 Å². The van der Waals surface area contributed by atoms with E-state index in [1.165, 1.54) is 0 Å². The summed E-state index contributed by atoms with van der Waals surface area (Å²) in [6.07, 6.45) is 0.904. The van der Waals surface area contributed by atoms with Gasteiger partial charge >= 0.3 is 0 Å². The van der Waals surface area contributed by atoms with Crippen molar-refractivity contribution in [3.05, 3.63) is 136 Å². The van der Waals surface area contributed by atoms with Gasteiger partial charge < -0.3 is 10.2 Å². The van der Waals surface area contributed by atoms with Crippen LogP contribution in [0.4, 0.5) is 0 Å². The second kappa shape index (κ2) is 15.5. The lowest BCUT2D eigenvalue weighted by Gasteiger charge is -2.31. The molecule has 0 unspecified atom stereocenters. The first kappa shape index (κ1) is 31.9. The average molecular weight is 618 g/mol. The van der Waals surface area contributed by atoms with Crippen LogP contribution in [0.1, 0.15) is 35.6 Å². The summed E-state index contributed by atoms with van der Waals surface area (Å²) < 4.78 is 27.1. The van der Waals surface area contributed by atoms with E-state index in [1.54, 1.807) is 48.2 Å². The minimum absolute atomic E-state index is 0.155. The van der Waals surface area contributed by atoms with E-state index in [2.05, 4.69) is 10.0 Å². The van der Waals surface area contributed by atoms with Crippen molar-refractivity contribution in [2.45, 2.75) is 50.2 Å². The molecule has 4 rings (SSSR count). The molecule has 0 aliphatic carbocycles. The fourth-order valence-corrected chi connectivity index (χ4v) is 5.91. The number of aryl methyl sites for hydroxylation is 1. The first-order valence-electron chi connectivity index (χ1n) is 14.2. The standard InChI is InChI=1S/C34H36ClN3O4S/c1-2-37-43(41,42)31-20-15-26(16-21-31)17-22-33(39)38(25-29-11-7-4-8-12-29)32(23-27-9-5-3-6-10-27)34(40)36-24-28-13-18-30(35)19-14-28/h3-16,18-21,32,37H,2,17,22-25H2,1H3,(H,36,40)/t32-/m0/s1. The van der Waals surface area contributed by atoms with Crippen LogP contribution in [-0.4, -0.2) is 37.7 Å². The lowest BCUT2D eigenvalue weighted by molar-refractivity contribution is -0.141. The normalized spacial score (nSPS) is 12.0. The van der Waals surface area contributed by atoms with E-state index in [1.807, 2.05) is 72.8 Å². The van der Waals surface area contributed by atoms with Crippen molar-refractivity contribution in [1.82, 2.24) is 14.9 Å². The van der Waals surface area contributed by atoms with E-state index >= 15 is 0 Å². The third-order valence-corrected chi connectivity index (χ3v) is 8.86. The summed E-state index contributed by atoms with van der Waals surface area (Å²) in [5.41, 5.74) is 3.59. The molecule has 4 aromatic carbocycles. The first-order chi connectivity index (χ1) is 20.7. The summed E-state index contributed by atoms with van der Waals surface area (Å²) >= 11 is 6.02. The van der Waals surface area contributed by atoms with Gasteiger partial charge in [0.25, 0.3) is 0 Å². The number of amides is 2. The molecule has 4 aromatic rings. The summed E-state index contributed by atoms with van der Waals surface area (Å²) in [5.74, 6) is -0.420. The molecule has 43 heavy (non-hydrogen) atoms. The molecule has 1 atom stereocenters. The number of carbonyl (C=O) groups excluding carboxylic acids is 2. The molecule has 2 N–H and O–H groups in total. The van der Waals surface area contributed by atoms with Crippen molar-refractivity contribution in [2.24, 2.45) is 0 Å². The number of nitrogens with zero attached hydrogens (tertiary/aromatic N) is 1. The minimum atomic E-state index is -3.56. The summed E-state index contributed by atoms with van der Waals surface area (Å²) in [5, 5.41) is 3.64. The molecule has 0 saturated carbocycles. The van der Waals surface area contributed by atoms with Gasteiger partial charge in [0, 0.05) is 37.5 Å². The van der Waals surface area contributed by atoms with E-state index in [9.17, 15) is 18.0 Å². The van der Waals surface area contributed by atoms with Gasteiger partial charge in [-0.15, -0.1) is 0 Å². The fourth-order valence-electron chi connectivity index (χ4n) is 4.75. The Morgan fingerprint density at radius 1 is 0.767 bits per heavy atom. The molecule has 2 amide bonds. The van der Waals surface area contributed by atoms with Crippen LogP contribution in [0.5, 0.6) is 0 Å². The van der Waals surface area contributed by atoms with Crippen molar-refractivity contribution in [3.63, 3.8) is 0 Å². The zero-order valence-corrected chi connectivity index (χ0v) is 25.7. The highest BCUT2D eigenvalue weighted by Crippen LogP contribution is 2.18. The molecule has 0 aliphatic heterocycles. The van der Waals surface area contributed by atoms with Crippen LogP contribution < -0.4 is 10.0 Å². The number of nitrogens with one attached hydrogen (secondary N) is 2. The van der Waals surface area contributed by atoms with E-state index in [-0.39, 0.29) is 29.7 Å². The highest BCUT2D eigenvalue weighted by atomic mass is 35.5. The SMILES string of the molecule is CCNS(=O)(=O)c1ccc(CCC(=O)N(Cc2ccccc2)[C@@H](Cc2ccccc2)C(=O)NCc2ccc(Cl)cc2)cc1. The molecule has 0 heterocycles. The average Bonchev–Trinajstić information content (AvgIpc) is 3.02. The number of hydrogen-bond acceptors (Lipinski definition) is 4. The Balaban J connectivity index is 1.56. The van der Waals surface area contributed by atoms with Crippen molar-refractivity contribution in [2.75, 3.05) is 6.54 Å². The summed E-state index contributed by atoms with van der Waals surface area (Å²) in [6.45, 7) is 2.59. The summed E-state index contributed by atoms with van der Waals surface area (Å²) in [7, 11) is -3.56. The molecule has 0 bridgehead atoms. The van der Waals surface area contributed by atoms with Crippen LogP contribution in [0.25, 0.3) is 0 Å². The van der Waals surface area contributed by atoms with Gasteiger partial charge in [-0.25, -0.2) is 13.1 Å². The van der Waals surface area contributed by atoms with Gasteiger partial charge in [-0.3, -0.25) is 9.59 Å². The number of halogens is 1. The van der Waals surface area contributed by atoms with Crippen LogP contribution in [0.2, 0.25) is 5.02 Å². The lowest BCUT2D eigenvalue weighted by atomic mass is 10.0. The van der Waals surface area contributed by atoms with Crippen LogP contribution >= 0.6 is 11.6 Å². The quantitative estimate of drug-likeness (QED) is 0.195. The predicted molar refractivity (Wildman–Crippen MR) is 170 cm³/mol. The van der Waals surface area contributed by atoms with Gasteiger partial charge in [0.1, 0.15) is 6.04 Å². The maximum atomic E-state index is 13.9. The summed E-state index contributed by atoms with van der Waals surface area (Å²) in [6, 6.07) is 32.3. The largest absolute Gasteiger partial charge is 0.350 e. The Hall–Kier alpha value is -3.98. The Morgan fingerprint density at radius 3 is 1.95 bits per heavy atom. The molecule has 0 aromatic heterocycles. The molecule has 0 saturated heterocycles. The van der Waals surface area contributed by atoms with Crippen LogP contribution in [0.3, 0.4) is 0 Å². The van der Waals surface area contributed by atoms with Gasteiger partial charge in [0.05, 0.1) is 4.90 Å². The van der Waals surface area contributed by atoms with Gasteiger partial charge in [0.2, 0.25) is 21.8 Å².